The smallest absolute Gasteiger partial charge is 0.354 e. The number of carbonyl (C=O) groups excluding carboxylic acids is 1. The second kappa shape index (κ2) is 6.39. The minimum Gasteiger partial charge on any atom is -0.477 e. The van der Waals surface area contributed by atoms with Gasteiger partial charge in [0.15, 0.2) is 0 Å². The van der Waals surface area contributed by atoms with Gasteiger partial charge in [0, 0.05) is 17.3 Å². The summed E-state index contributed by atoms with van der Waals surface area (Å²) in [4.78, 5) is 27.2. The molecule has 5 nitrogen and oxygen atoms in total. The second-order valence-corrected chi connectivity index (χ2v) is 6.13. The van der Waals surface area contributed by atoms with Crippen molar-refractivity contribution in [2.75, 3.05) is 0 Å². The molecule has 0 radical (unpaired) electrons. The van der Waals surface area contributed by atoms with E-state index in [0.717, 1.165) is 24.8 Å². The molecule has 0 aliphatic heterocycles. The van der Waals surface area contributed by atoms with E-state index in [0.29, 0.717) is 6.42 Å². The van der Waals surface area contributed by atoms with E-state index in [1.807, 2.05) is 6.07 Å². The summed E-state index contributed by atoms with van der Waals surface area (Å²) in [6.45, 7) is 0. The van der Waals surface area contributed by atoms with Gasteiger partial charge in [-0.25, -0.2) is 14.2 Å². The van der Waals surface area contributed by atoms with Crippen molar-refractivity contribution in [3.8, 4) is 0 Å². The monoisotopic (exact) mass is 328 g/mol. The molecule has 1 aromatic carbocycles. The molecule has 0 bridgehead atoms. The summed E-state index contributed by atoms with van der Waals surface area (Å²) in [6, 6.07) is 9.09. The summed E-state index contributed by atoms with van der Waals surface area (Å²) in [7, 11) is 0. The van der Waals surface area contributed by atoms with Gasteiger partial charge >= 0.3 is 5.97 Å². The number of rotatable bonds is 5. The maximum atomic E-state index is 13.4. The number of nitrogens with zero attached hydrogens (tertiary/aromatic N) is 1. The first-order chi connectivity index (χ1) is 11.5. The Morgan fingerprint density at radius 3 is 2.67 bits per heavy atom. The van der Waals surface area contributed by atoms with Crippen LogP contribution >= 0.6 is 0 Å². The van der Waals surface area contributed by atoms with Crippen LogP contribution in [0, 0.1) is 5.82 Å². The molecule has 1 aliphatic carbocycles. The second-order valence-electron chi connectivity index (χ2n) is 6.13. The minimum absolute atomic E-state index is 0.171. The van der Waals surface area contributed by atoms with E-state index >= 15 is 0 Å². The van der Waals surface area contributed by atoms with Gasteiger partial charge in [0.1, 0.15) is 11.5 Å². The van der Waals surface area contributed by atoms with Crippen LogP contribution in [0.1, 0.15) is 45.7 Å². The molecule has 3 rings (SSSR count). The number of aromatic nitrogens is 1. The molecule has 1 saturated carbocycles. The Bertz CT molecular complexity index is 787. The molecule has 0 saturated heterocycles. The number of hydrogen-bond acceptors (Lipinski definition) is 3. The van der Waals surface area contributed by atoms with Gasteiger partial charge in [0.2, 0.25) is 0 Å². The zero-order valence-corrected chi connectivity index (χ0v) is 13.0. The standard InChI is InChI=1S/C18H17FN2O3/c19-14-4-1-3-12(9-14)11-18(6-2-7-18)21-16(22)13-5-8-20-15(10-13)17(23)24/h1,3-5,8-10H,2,6-7,11H2,(H,21,22)(H,23,24). The van der Waals surface area contributed by atoms with E-state index in [4.69, 9.17) is 5.11 Å². The summed E-state index contributed by atoms with van der Waals surface area (Å²) < 4.78 is 13.4. The highest BCUT2D eigenvalue weighted by Gasteiger charge is 2.38. The molecule has 0 atom stereocenters. The van der Waals surface area contributed by atoms with Crippen LogP contribution in [0.25, 0.3) is 0 Å². The van der Waals surface area contributed by atoms with Crippen molar-refractivity contribution in [1.29, 1.82) is 0 Å². The fourth-order valence-electron chi connectivity index (χ4n) is 2.99. The zero-order chi connectivity index (χ0) is 17.2. The molecule has 1 aliphatic rings. The van der Waals surface area contributed by atoms with Crippen molar-refractivity contribution in [2.45, 2.75) is 31.2 Å². The van der Waals surface area contributed by atoms with Crippen LogP contribution in [0.4, 0.5) is 4.39 Å². The topological polar surface area (TPSA) is 79.3 Å². The van der Waals surface area contributed by atoms with E-state index in [1.54, 1.807) is 6.07 Å². The number of nitrogens with one attached hydrogen (secondary N) is 1. The first kappa shape index (κ1) is 16.1. The fraction of sp³-hybridized carbons (Fsp3) is 0.278. The molecule has 0 unspecified atom stereocenters. The minimum atomic E-state index is -1.18. The highest BCUT2D eigenvalue weighted by Crippen LogP contribution is 2.35. The van der Waals surface area contributed by atoms with Crippen molar-refractivity contribution < 1.29 is 19.1 Å². The number of carbonyl (C=O) groups is 2. The lowest BCUT2D eigenvalue weighted by molar-refractivity contribution is 0.0690. The number of hydrogen-bond donors (Lipinski definition) is 2. The van der Waals surface area contributed by atoms with Crippen LogP contribution in [0.15, 0.2) is 42.6 Å². The van der Waals surface area contributed by atoms with Gasteiger partial charge in [0.05, 0.1) is 0 Å². The molecule has 124 valence electrons. The van der Waals surface area contributed by atoms with Crippen LogP contribution in [0.5, 0.6) is 0 Å². The summed E-state index contributed by atoms with van der Waals surface area (Å²) >= 11 is 0. The molecule has 1 heterocycles. The third-order valence-electron chi connectivity index (χ3n) is 4.36. The lowest BCUT2D eigenvalue weighted by Gasteiger charge is -2.43. The van der Waals surface area contributed by atoms with Gasteiger partial charge in [-0.3, -0.25) is 4.79 Å². The molecular formula is C18H17FN2O3. The molecule has 1 fully saturated rings. The SMILES string of the molecule is O=C(NC1(Cc2cccc(F)c2)CCC1)c1ccnc(C(=O)O)c1. The molecule has 1 aromatic heterocycles. The van der Waals surface area contributed by atoms with E-state index < -0.39 is 11.5 Å². The maximum absolute atomic E-state index is 13.4. The van der Waals surface area contributed by atoms with E-state index in [1.165, 1.54) is 30.5 Å². The third kappa shape index (κ3) is 3.42. The number of benzene rings is 1. The van der Waals surface area contributed by atoms with Crippen molar-refractivity contribution in [3.63, 3.8) is 0 Å². The summed E-state index contributed by atoms with van der Waals surface area (Å²) in [5.74, 6) is -1.81. The lowest BCUT2D eigenvalue weighted by atomic mass is 9.72. The van der Waals surface area contributed by atoms with Crippen LogP contribution in [-0.4, -0.2) is 27.5 Å². The van der Waals surface area contributed by atoms with Crippen molar-refractivity contribution in [2.24, 2.45) is 0 Å². The van der Waals surface area contributed by atoms with Gasteiger partial charge in [-0.1, -0.05) is 12.1 Å². The maximum Gasteiger partial charge on any atom is 0.354 e. The van der Waals surface area contributed by atoms with Gasteiger partial charge in [0.25, 0.3) is 5.91 Å². The fourth-order valence-corrected chi connectivity index (χ4v) is 2.99. The first-order valence-corrected chi connectivity index (χ1v) is 7.74. The van der Waals surface area contributed by atoms with E-state index in [2.05, 4.69) is 10.3 Å². The summed E-state index contributed by atoms with van der Waals surface area (Å²) in [5.41, 5.74) is 0.511. The van der Waals surface area contributed by atoms with E-state index in [9.17, 15) is 14.0 Å². The molecule has 0 spiro atoms. The Morgan fingerprint density at radius 1 is 1.25 bits per heavy atom. The Hall–Kier alpha value is -2.76. The molecule has 2 aromatic rings. The van der Waals surface area contributed by atoms with Crippen molar-refractivity contribution in [3.05, 3.63) is 65.2 Å². The zero-order valence-electron chi connectivity index (χ0n) is 13.0. The Labute approximate surface area is 138 Å². The normalized spacial score (nSPS) is 15.4. The van der Waals surface area contributed by atoms with Crippen molar-refractivity contribution in [1.82, 2.24) is 10.3 Å². The number of carboxylic acid groups (broad SMARTS) is 1. The highest BCUT2D eigenvalue weighted by molar-refractivity contribution is 5.97. The van der Waals surface area contributed by atoms with Gasteiger partial charge < -0.3 is 10.4 Å². The van der Waals surface area contributed by atoms with Crippen LogP contribution in [0.2, 0.25) is 0 Å². The Balaban J connectivity index is 1.76. The van der Waals surface area contributed by atoms with Gasteiger partial charge in [-0.2, -0.15) is 0 Å². The quantitative estimate of drug-likeness (QED) is 0.884. The Morgan fingerprint density at radius 2 is 2.04 bits per heavy atom. The number of carboxylic acids is 1. The lowest BCUT2D eigenvalue weighted by Crippen LogP contribution is -2.55. The number of aromatic carboxylic acids is 1. The molecular weight excluding hydrogens is 311 g/mol. The van der Waals surface area contributed by atoms with Gasteiger partial charge in [-0.05, 0) is 55.5 Å². The summed E-state index contributed by atoms with van der Waals surface area (Å²) in [5, 5.41) is 12.0. The molecule has 1 amide bonds. The van der Waals surface area contributed by atoms with Crippen LogP contribution in [0.3, 0.4) is 0 Å². The predicted molar refractivity (Wildman–Crippen MR) is 85.3 cm³/mol. The third-order valence-corrected chi connectivity index (χ3v) is 4.36. The molecule has 2 N–H and O–H groups in total. The number of halogens is 1. The first-order valence-electron chi connectivity index (χ1n) is 7.74. The van der Waals surface area contributed by atoms with Crippen molar-refractivity contribution >= 4 is 11.9 Å². The molecule has 6 heteroatoms. The average molecular weight is 328 g/mol. The van der Waals surface area contributed by atoms with Crippen LogP contribution in [-0.2, 0) is 6.42 Å². The number of pyridine rings is 1. The number of amides is 1. The average Bonchev–Trinajstić information content (AvgIpc) is 2.53. The highest BCUT2D eigenvalue weighted by atomic mass is 19.1. The van der Waals surface area contributed by atoms with E-state index in [-0.39, 0.29) is 23.0 Å². The Kier molecular flexibility index (Phi) is 4.29. The largest absolute Gasteiger partial charge is 0.477 e. The van der Waals surface area contributed by atoms with Crippen LogP contribution < -0.4 is 5.32 Å². The summed E-state index contributed by atoms with van der Waals surface area (Å²) in [6.07, 6.45) is 4.47. The predicted octanol–water partition coefficient (Wildman–Crippen LogP) is 2.81. The molecule has 24 heavy (non-hydrogen) atoms. The van der Waals surface area contributed by atoms with Gasteiger partial charge in [-0.15, -0.1) is 0 Å².